The molecule has 1 aromatic carbocycles. The molecule has 132 valence electrons. The van der Waals surface area contributed by atoms with Gasteiger partial charge in [0.05, 0.1) is 6.10 Å². The first-order valence-corrected chi connectivity index (χ1v) is 9.08. The Morgan fingerprint density at radius 3 is 2.62 bits per heavy atom. The summed E-state index contributed by atoms with van der Waals surface area (Å²) >= 11 is 0. The zero-order chi connectivity index (χ0) is 16.9. The van der Waals surface area contributed by atoms with Gasteiger partial charge in [0.25, 0.3) is 0 Å². The predicted molar refractivity (Wildman–Crippen MR) is 94.5 cm³/mol. The number of hydrogen-bond acceptors (Lipinski definition) is 4. The monoisotopic (exact) mass is 331 g/mol. The van der Waals surface area contributed by atoms with Crippen LogP contribution in [0, 0.1) is 5.92 Å². The van der Waals surface area contributed by atoms with E-state index < -0.39 is 0 Å². The molecule has 0 aliphatic carbocycles. The Labute approximate surface area is 144 Å². The van der Waals surface area contributed by atoms with Crippen molar-refractivity contribution in [1.29, 1.82) is 0 Å². The molecule has 2 saturated heterocycles. The van der Waals surface area contributed by atoms with E-state index in [0.717, 1.165) is 32.5 Å². The molecule has 2 aliphatic heterocycles. The molecule has 0 saturated carbocycles. The second-order valence-electron chi connectivity index (χ2n) is 7.15. The van der Waals surface area contributed by atoms with Crippen molar-refractivity contribution in [3.05, 3.63) is 35.9 Å². The number of amides is 1. The second-order valence-corrected chi connectivity index (χ2v) is 7.15. The third-order valence-electron chi connectivity index (χ3n) is 5.19. The molecule has 2 heterocycles. The van der Waals surface area contributed by atoms with Crippen LogP contribution in [0.5, 0.6) is 0 Å². The van der Waals surface area contributed by atoms with Crippen LogP contribution in [0.2, 0.25) is 0 Å². The first kappa shape index (κ1) is 17.4. The number of hydrogen-bond donors (Lipinski definition) is 2. The smallest absolute Gasteiger partial charge is 0.248 e. The molecule has 0 radical (unpaired) electrons. The van der Waals surface area contributed by atoms with Gasteiger partial charge < -0.3 is 9.64 Å². The van der Waals surface area contributed by atoms with Gasteiger partial charge in [-0.3, -0.25) is 15.6 Å². The highest BCUT2D eigenvalue weighted by Crippen LogP contribution is 2.32. The van der Waals surface area contributed by atoms with Crippen LogP contribution in [0.3, 0.4) is 0 Å². The Morgan fingerprint density at radius 2 is 1.96 bits per heavy atom. The van der Waals surface area contributed by atoms with Crippen LogP contribution in [0.1, 0.15) is 38.2 Å². The number of carbonyl (C=O) groups excluding carboxylic acids is 1. The van der Waals surface area contributed by atoms with Crippen molar-refractivity contribution < 1.29 is 9.53 Å². The normalized spacial score (nSPS) is 25.4. The molecule has 2 aliphatic rings. The lowest BCUT2D eigenvalue weighted by molar-refractivity contribution is -0.139. The summed E-state index contributed by atoms with van der Waals surface area (Å²) in [6.45, 7) is 6.77. The Bertz CT molecular complexity index is 527. The van der Waals surface area contributed by atoms with Crippen LogP contribution in [0.15, 0.2) is 30.3 Å². The molecule has 2 N–H and O–H groups in total. The fraction of sp³-hybridized carbons (Fsp3) is 0.632. The van der Waals surface area contributed by atoms with Gasteiger partial charge in [0, 0.05) is 31.6 Å². The first-order chi connectivity index (χ1) is 11.6. The Hall–Kier alpha value is -1.43. The maximum atomic E-state index is 12.2. The molecule has 2 unspecified atom stereocenters. The minimum atomic E-state index is 0.104. The third kappa shape index (κ3) is 4.15. The SMILES string of the molecule is CC(C)OCC(=O)N1CCC(C2NNCC2c2ccccc2)CC1. The predicted octanol–water partition coefficient (Wildman–Crippen LogP) is 1.91. The molecule has 0 bridgehead atoms. The van der Waals surface area contributed by atoms with Gasteiger partial charge >= 0.3 is 0 Å². The van der Waals surface area contributed by atoms with Crippen molar-refractivity contribution in [2.75, 3.05) is 26.2 Å². The maximum Gasteiger partial charge on any atom is 0.248 e. The van der Waals surface area contributed by atoms with Gasteiger partial charge in [0.15, 0.2) is 0 Å². The van der Waals surface area contributed by atoms with Crippen molar-refractivity contribution in [3.63, 3.8) is 0 Å². The second kappa shape index (κ2) is 8.10. The summed E-state index contributed by atoms with van der Waals surface area (Å²) in [5.41, 5.74) is 8.21. The lowest BCUT2D eigenvalue weighted by Crippen LogP contribution is -2.46. The zero-order valence-electron chi connectivity index (χ0n) is 14.7. The molecular formula is C19H29N3O2. The zero-order valence-corrected chi connectivity index (χ0v) is 14.7. The van der Waals surface area contributed by atoms with Gasteiger partial charge in [-0.25, -0.2) is 0 Å². The van der Waals surface area contributed by atoms with E-state index in [1.807, 2.05) is 18.7 Å². The molecule has 2 atom stereocenters. The Morgan fingerprint density at radius 1 is 1.25 bits per heavy atom. The van der Waals surface area contributed by atoms with E-state index in [2.05, 4.69) is 41.2 Å². The van der Waals surface area contributed by atoms with Crippen molar-refractivity contribution in [3.8, 4) is 0 Å². The molecular weight excluding hydrogens is 302 g/mol. The maximum absolute atomic E-state index is 12.2. The summed E-state index contributed by atoms with van der Waals surface area (Å²) in [4.78, 5) is 14.1. The number of carbonyl (C=O) groups is 1. The third-order valence-corrected chi connectivity index (χ3v) is 5.19. The minimum absolute atomic E-state index is 0.104. The van der Waals surface area contributed by atoms with E-state index in [-0.39, 0.29) is 18.6 Å². The van der Waals surface area contributed by atoms with E-state index >= 15 is 0 Å². The highest BCUT2D eigenvalue weighted by atomic mass is 16.5. The van der Waals surface area contributed by atoms with Gasteiger partial charge in [-0.15, -0.1) is 0 Å². The molecule has 5 nitrogen and oxygen atoms in total. The van der Waals surface area contributed by atoms with Gasteiger partial charge in [-0.05, 0) is 38.2 Å². The van der Waals surface area contributed by atoms with Crippen LogP contribution in [-0.4, -0.2) is 49.2 Å². The average Bonchev–Trinajstić information content (AvgIpc) is 3.10. The van der Waals surface area contributed by atoms with Gasteiger partial charge in [-0.2, -0.15) is 0 Å². The van der Waals surface area contributed by atoms with Crippen LogP contribution in [-0.2, 0) is 9.53 Å². The fourth-order valence-electron chi connectivity index (χ4n) is 3.82. The summed E-state index contributed by atoms with van der Waals surface area (Å²) in [6, 6.07) is 11.2. The van der Waals surface area contributed by atoms with E-state index in [0.29, 0.717) is 17.9 Å². The highest BCUT2D eigenvalue weighted by molar-refractivity contribution is 5.77. The summed E-state index contributed by atoms with van der Waals surface area (Å²) in [5.74, 6) is 1.22. The summed E-state index contributed by atoms with van der Waals surface area (Å²) in [7, 11) is 0. The number of likely N-dealkylation sites (tertiary alicyclic amines) is 1. The van der Waals surface area contributed by atoms with Gasteiger partial charge in [0.1, 0.15) is 6.61 Å². The largest absolute Gasteiger partial charge is 0.369 e. The molecule has 1 amide bonds. The molecule has 24 heavy (non-hydrogen) atoms. The summed E-state index contributed by atoms with van der Waals surface area (Å²) in [5, 5.41) is 0. The quantitative estimate of drug-likeness (QED) is 0.865. The molecule has 5 heteroatoms. The number of nitrogens with zero attached hydrogens (tertiary/aromatic N) is 1. The Kier molecular flexibility index (Phi) is 5.87. The van der Waals surface area contributed by atoms with Crippen LogP contribution in [0.25, 0.3) is 0 Å². The number of nitrogens with one attached hydrogen (secondary N) is 2. The number of rotatable bonds is 5. The highest BCUT2D eigenvalue weighted by Gasteiger charge is 2.36. The van der Waals surface area contributed by atoms with E-state index in [1.165, 1.54) is 5.56 Å². The average molecular weight is 331 g/mol. The van der Waals surface area contributed by atoms with Gasteiger partial charge in [0.2, 0.25) is 5.91 Å². The van der Waals surface area contributed by atoms with Crippen molar-refractivity contribution >= 4 is 5.91 Å². The fourth-order valence-corrected chi connectivity index (χ4v) is 3.82. The summed E-state index contributed by atoms with van der Waals surface area (Å²) in [6.07, 6.45) is 2.21. The molecule has 2 fully saturated rings. The number of ether oxygens (including phenoxy) is 1. The van der Waals surface area contributed by atoms with Crippen molar-refractivity contribution in [1.82, 2.24) is 15.8 Å². The number of piperidine rings is 1. The van der Waals surface area contributed by atoms with E-state index in [4.69, 9.17) is 4.74 Å². The van der Waals surface area contributed by atoms with Crippen LogP contribution in [0.4, 0.5) is 0 Å². The first-order valence-electron chi connectivity index (χ1n) is 9.08. The summed E-state index contributed by atoms with van der Waals surface area (Å²) < 4.78 is 5.44. The molecule has 3 rings (SSSR count). The lowest BCUT2D eigenvalue weighted by atomic mass is 9.80. The minimum Gasteiger partial charge on any atom is -0.369 e. The van der Waals surface area contributed by atoms with Crippen LogP contribution < -0.4 is 10.9 Å². The Balaban J connectivity index is 1.53. The van der Waals surface area contributed by atoms with E-state index in [9.17, 15) is 4.79 Å². The topological polar surface area (TPSA) is 53.6 Å². The van der Waals surface area contributed by atoms with Crippen LogP contribution >= 0.6 is 0 Å². The lowest BCUT2D eigenvalue weighted by Gasteiger charge is -2.36. The molecule has 0 spiro atoms. The molecule has 1 aromatic rings. The van der Waals surface area contributed by atoms with Gasteiger partial charge in [-0.1, -0.05) is 30.3 Å². The van der Waals surface area contributed by atoms with Crippen molar-refractivity contribution in [2.24, 2.45) is 5.92 Å². The van der Waals surface area contributed by atoms with E-state index in [1.54, 1.807) is 0 Å². The number of benzene rings is 1. The van der Waals surface area contributed by atoms with Crippen molar-refractivity contribution in [2.45, 2.75) is 44.8 Å². The molecule has 0 aromatic heterocycles. The standard InChI is InChI=1S/C19H29N3O2/c1-14(2)24-13-18(23)22-10-8-16(9-11-22)19-17(12-20-21-19)15-6-4-3-5-7-15/h3-7,14,16-17,19-21H,8-13H2,1-2H3. The number of hydrazine groups is 1.